The Morgan fingerprint density at radius 1 is 0.762 bits per heavy atom. The van der Waals surface area contributed by atoms with E-state index < -0.39 is 11.9 Å². The summed E-state index contributed by atoms with van der Waals surface area (Å²) in [4.78, 5) is 45.7. The van der Waals surface area contributed by atoms with Crippen molar-refractivity contribution in [3.05, 3.63) is 58.7 Å². The molecule has 0 spiro atoms. The van der Waals surface area contributed by atoms with Gasteiger partial charge in [0.1, 0.15) is 0 Å². The molecule has 102 valence electrons. The van der Waals surface area contributed by atoms with Crippen molar-refractivity contribution < 1.29 is 23.9 Å². The van der Waals surface area contributed by atoms with E-state index in [-0.39, 0.29) is 22.3 Å². The third-order valence-corrected chi connectivity index (χ3v) is 3.35. The molecule has 1 aliphatic rings. The molecule has 2 aromatic carbocycles. The molecule has 21 heavy (non-hydrogen) atoms. The van der Waals surface area contributed by atoms with Crippen LogP contribution >= 0.6 is 0 Å². The quantitative estimate of drug-likeness (QED) is 0.489. The monoisotopic (exact) mass is 280 g/mol. The van der Waals surface area contributed by atoms with E-state index in [4.69, 9.17) is 0 Å². The number of esters is 2. The number of cyclic esters (lactones) is 2. The molecule has 0 saturated carbocycles. The second kappa shape index (κ2) is 4.79. The first kappa shape index (κ1) is 12.9. The Bertz CT molecular complexity index is 804. The fourth-order valence-corrected chi connectivity index (χ4v) is 2.41. The lowest BCUT2D eigenvalue weighted by Crippen LogP contribution is -2.01. The molecule has 0 amide bonds. The van der Waals surface area contributed by atoms with E-state index in [0.717, 1.165) is 0 Å². The fraction of sp³-hybridized carbons (Fsp3) is 0. The number of carbonyl (C=O) groups excluding carboxylic acids is 4. The maximum atomic E-state index is 11.8. The van der Waals surface area contributed by atoms with Gasteiger partial charge in [0, 0.05) is 11.1 Å². The Balaban J connectivity index is 2.34. The highest BCUT2D eigenvalue weighted by molar-refractivity contribution is 6.18. The van der Waals surface area contributed by atoms with E-state index in [1.165, 1.54) is 12.1 Å². The van der Waals surface area contributed by atoms with Crippen LogP contribution in [0.3, 0.4) is 0 Å². The van der Waals surface area contributed by atoms with Crippen LogP contribution in [-0.2, 0) is 4.74 Å². The summed E-state index contributed by atoms with van der Waals surface area (Å²) in [7, 11) is 0. The number of aldehydes is 2. The number of hydrogen-bond donors (Lipinski definition) is 0. The van der Waals surface area contributed by atoms with Gasteiger partial charge in [-0.05, 0) is 17.2 Å². The molecule has 5 nitrogen and oxygen atoms in total. The minimum atomic E-state index is -0.751. The Kier molecular flexibility index (Phi) is 2.95. The van der Waals surface area contributed by atoms with Crippen LogP contribution < -0.4 is 0 Å². The predicted octanol–water partition coefficient (Wildman–Crippen LogP) is 2.29. The molecule has 0 N–H and O–H groups in total. The molecular formula is C16H8O5. The van der Waals surface area contributed by atoms with Crippen LogP contribution in [0, 0.1) is 0 Å². The van der Waals surface area contributed by atoms with Crippen LogP contribution in [0.1, 0.15) is 41.4 Å². The van der Waals surface area contributed by atoms with Crippen LogP contribution in [0.4, 0.5) is 0 Å². The lowest BCUT2D eigenvalue weighted by molar-refractivity contribution is 0.0443. The van der Waals surface area contributed by atoms with Gasteiger partial charge in [-0.25, -0.2) is 9.59 Å². The number of rotatable bonds is 3. The lowest BCUT2D eigenvalue weighted by atomic mass is 9.91. The van der Waals surface area contributed by atoms with Crippen molar-refractivity contribution >= 4 is 24.5 Å². The minimum Gasteiger partial charge on any atom is -0.386 e. The highest BCUT2D eigenvalue weighted by atomic mass is 16.6. The Morgan fingerprint density at radius 2 is 1.43 bits per heavy atom. The molecule has 0 atom stereocenters. The predicted molar refractivity (Wildman–Crippen MR) is 72.4 cm³/mol. The first-order valence-electron chi connectivity index (χ1n) is 6.10. The Hall–Kier alpha value is -3.08. The summed E-state index contributed by atoms with van der Waals surface area (Å²) in [6, 6.07) is 9.41. The van der Waals surface area contributed by atoms with Gasteiger partial charge < -0.3 is 4.74 Å². The Morgan fingerprint density at radius 3 is 2.14 bits per heavy atom. The lowest BCUT2D eigenvalue weighted by Gasteiger charge is -2.09. The van der Waals surface area contributed by atoms with Gasteiger partial charge >= 0.3 is 11.9 Å². The van der Waals surface area contributed by atoms with E-state index in [1.54, 1.807) is 24.3 Å². The van der Waals surface area contributed by atoms with E-state index in [9.17, 15) is 19.2 Å². The van der Waals surface area contributed by atoms with Crippen molar-refractivity contribution in [3.63, 3.8) is 0 Å². The normalized spacial score (nSPS) is 12.8. The largest absolute Gasteiger partial charge is 0.386 e. The van der Waals surface area contributed by atoms with Crippen LogP contribution in [0.15, 0.2) is 36.4 Å². The highest BCUT2D eigenvalue weighted by Gasteiger charge is 2.32. The maximum absolute atomic E-state index is 11.8. The zero-order chi connectivity index (χ0) is 15.0. The number of hydrogen-bond acceptors (Lipinski definition) is 5. The first-order valence-corrected chi connectivity index (χ1v) is 6.10. The van der Waals surface area contributed by atoms with Gasteiger partial charge in [0.2, 0.25) is 0 Å². The van der Waals surface area contributed by atoms with Crippen molar-refractivity contribution in [1.29, 1.82) is 0 Å². The number of benzene rings is 2. The van der Waals surface area contributed by atoms with E-state index in [2.05, 4.69) is 4.74 Å². The van der Waals surface area contributed by atoms with Gasteiger partial charge in [-0.1, -0.05) is 30.3 Å². The second-order valence-corrected chi connectivity index (χ2v) is 4.45. The van der Waals surface area contributed by atoms with Crippen LogP contribution in [0.2, 0.25) is 0 Å². The fourth-order valence-electron chi connectivity index (χ4n) is 2.41. The molecule has 0 aromatic heterocycles. The molecule has 2 aromatic rings. The minimum absolute atomic E-state index is 0.119. The third kappa shape index (κ3) is 1.87. The topological polar surface area (TPSA) is 77.5 Å². The standard InChI is InChI=1S/C16H8O5/c17-7-9-3-1-4-10(13(9)8-18)11-5-2-6-12-14(11)16(20)21-15(12)19/h1-8H. The van der Waals surface area contributed by atoms with Crippen molar-refractivity contribution in [2.24, 2.45) is 0 Å². The molecule has 3 rings (SSSR count). The zero-order valence-corrected chi connectivity index (χ0v) is 10.7. The average Bonchev–Trinajstić information content (AvgIpc) is 2.81. The molecule has 0 radical (unpaired) electrons. The van der Waals surface area contributed by atoms with Crippen LogP contribution in [0.25, 0.3) is 11.1 Å². The molecule has 1 heterocycles. The number of carbonyl (C=O) groups is 4. The SMILES string of the molecule is O=Cc1cccc(-c2cccc3c2C(=O)OC3=O)c1C=O. The summed E-state index contributed by atoms with van der Waals surface area (Å²) in [6.45, 7) is 0. The summed E-state index contributed by atoms with van der Waals surface area (Å²) in [5.74, 6) is -1.46. The van der Waals surface area contributed by atoms with Gasteiger partial charge in [-0.2, -0.15) is 0 Å². The summed E-state index contributed by atoms with van der Waals surface area (Å²) < 4.78 is 4.59. The van der Waals surface area contributed by atoms with Gasteiger partial charge in [-0.3, -0.25) is 9.59 Å². The summed E-state index contributed by atoms with van der Waals surface area (Å²) >= 11 is 0. The highest BCUT2D eigenvalue weighted by Crippen LogP contribution is 2.33. The third-order valence-electron chi connectivity index (χ3n) is 3.35. The van der Waals surface area contributed by atoms with Crippen LogP contribution in [0.5, 0.6) is 0 Å². The van der Waals surface area contributed by atoms with Gasteiger partial charge in [0.05, 0.1) is 11.1 Å². The first-order chi connectivity index (χ1) is 10.2. The maximum Gasteiger partial charge on any atom is 0.347 e. The number of ether oxygens (including phenoxy) is 1. The smallest absolute Gasteiger partial charge is 0.347 e. The zero-order valence-electron chi connectivity index (χ0n) is 10.7. The molecule has 1 aliphatic heterocycles. The van der Waals surface area contributed by atoms with Gasteiger partial charge in [0.25, 0.3) is 0 Å². The van der Waals surface area contributed by atoms with Crippen LogP contribution in [-0.4, -0.2) is 24.5 Å². The Labute approximate surface area is 119 Å². The molecule has 0 fully saturated rings. The van der Waals surface area contributed by atoms with Crippen molar-refractivity contribution in [2.75, 3.05) is 0 Å². The van der Waals surface area contributed by atoms with Crippen molar-refractivity contribution in [1.82, 2.24) is 0 Å². The second-order valence-electron chi connectivity index (χ2n) is 4.45. The molecule has 0 aliphatic carbocycles. The number of fused-ring (bicyclic) bond motifs is 1. The van der Waals surface area contributed by atoms with Crippen molar-refractivity contribution in [3.8, 4) is 11.1 Å². The molecule has 5 heteroatoms. The molecule has 0 saturated heterocycles. The van der Waals surface area contributed by atoms with E-state index in [1.807, 2.05) is 0 Å². The van der Waals surface area contributed by atoms with E-state index >= 15 is 0 Å². The van der Waals surface area contributed by atoms with Crippen molar-refractivity contribution in [2.45, 2.75) is 0 Å². The average molecular weight is 280 g/mol. The molecular weight excluding hydrogens is 272 g/mol. The summed E-state index contributed by atoms with van der Waals surface area (Å²) in [5.41, 5.74) is 1.48. The summed E-state index contributed by atoms with van der Waals surface area (Å²) in [5, 5.41) is 0. The van der Waals surface area contributed by atoms with E-state index in [0.29, 0.717) is 23.7 Å². The molecule has 0 bridgehead atoms. The molecule has 0 unspecified atom stereocenters. The van der Waals surface area contributed by atoms with Gasteiger partial charge in [-0.15, -0.1) is 0 Å². The summed E-state index contributed by atoms with van der Waals surface area (Å²) in [6.07, 6.45) is 1.13. The van der Waals surface area contributed by atoms with Gasteiger partial charge in [0.15, 0.2) is 12.6 Å².